The lowest BCUT2D eigenvalue weighted by atomic mass is 10.0. The van der Waals surface area contributed by atoms with E-state index in [9.17, 15) is 13.2 Å². The molecular weight excluding hydrogens is 432 g/mol. The first-order valence-electron chi connectivity index (χ1n) is 10.1. The van der Waals surface area contributed by atoms with Gasteiger partial charge in [-0.3, -0.25) is 4.79 Å². The van der Waals surface area contributed by atoms with Crippen LogP contribution in [0, 0.1) is 13.8 Å². The van der Waals surface area contributed by atoms with Crippen molar-refractivity contribution in [3.05, 3.63) is 69.7 Å². The molecule has 0 spiro atoms. The molecule has 0 bridgehead atoms. The number of piperidine rings is 1. The third kappa shape index (κ3) is 4.68. The lowest BCUT2D eigenvalue weighted by Gasteiger charge is -2.31. The molecule has 1 aliphatic rings. The van der Waals surface area contributed by atoms with Gasteiger partial charge in [-0.2, -0.15) is 4.31 Å². The summed E-state index contributed by atoms with van der Waals surface area (Å²) >= 11 is 1.23. The van der Waals surface area contributed by atoms with E-state index in [1.165, 1.54) is 15.6 Å². The van der Waals surface area contributed by atoms with E-state index < -0.39 is 10.0 Å². The molecule has 31 heavy (non-hydrogen) atoms. The first kappa shape index (κ1) is 21.6. The van der Waals surface area contributed by atoms with E-state index in [2.05, 4.69) is 15.5 Å². The molecule has 2 heterocycles. The highest BCUT2D eigenvalue weighted by atomic mass is 32.2. The van der Waals surface area contributed by atoms with Crippen molar-refractivity contribution < 1.29 is 13.2 Å². The molecule has 1 amide bonds. The molecule has 9 heteroatoms. The minimum atomic E-state index is -3.58. The Labute approximate surface area is 186 Å². The monoisotopic (exact) mass is 456 g/mol. The Morgan fingerprint density at radius 2 is 1.84 bits per heavy atom. The Kier molecular flexibility index (Phi) is 6.17. The van der Waals surface area contributed by atoms with E-state index in [0.717, 1.165) is 24.0 Å². The molecule has 0 saturated carbocycles. The number of hydrogen-bond acceptors (Lipinski definition) is 6. The first-order valence-corrected chi connectivity index (χ1v) is 12.4. The van der Waals surface area contributed by atoms with Crippen LogP contribution in [0.1, 0.15) is 44.7 Å². The van der Waals surface area contributed by atoms with Gasteiger partial charge in [0.25, 0.3) is 5.91 Å². The zero-order valence-corrected chi connectivity index (χ0v) is 19.0. The topological polar surface area (TPSA) is 92.3 Å². The van der Waals surface area contributed by atoms with Gasteiger partial charge in [0, 0.05) is 24.7 Å². The number of rotatable bonds is 5. The Hall–Kier alpha value is -2.62. The second-order valence-electron chi connectivity index (χ2n) is 7.73. The van der Waals surface area contributed by atoms with Crippen LogP contribution in [0.3, 0.4) is 0 Å². The van der Waals surface area contributed by atoms with E-state index in [-0.39, 0.29) is 16.8 Å². The largest absolute Gasteiger partial charge is 0.320 e. The molecule has 1 fully saturated rings. The summed E-state index contributed by atoms with van der Waals surface area (Å²) in [6.07, 6.45) is 1.55. The fourth-order valence-electron chi connectivity index (χ4n) is 3.66. The van der Waals surface area contributed by atoms with Gasteiger partial charge in [-0.25, -0.2) is 8.42 Å². The zero-order chi connectivity index (χ0) is 22.0. The number of aryl methyl sites for hydroxylation is 2. The van der Waals surface area contributed by atoms with Gasteiger partial charge < -0.3 is 5.32 Å². The summed E-state index contributed by atoms with van der Waals surface area (Å²) in [4.78, 5) is 12.9. The third-order valence-corrected chi connectivity index (χ3v) is 8.50. The molecule has 1 atom stereocenters. The normalized spacial score (nSPS) is 17.4. The highest BCUT2D eigenvalue weighted by Crippen LogP contribution is 2.32. The van der Waals surface area contributed by atoms with Crippen LogP contribution in [-0.2, 0) is 10.0 Å². The van der Waals surface area contributed by atoms with Gasteiger partial charge in [0.2, 0.25) is 15.0 Å². The fourth-order valence-corrected chi connectivity index (χ4v) is 6.27. The highest BCUT2D eigenvalue weighted by Gasteiger charge is 2.33. The van der Waals surface area contributed by atoms with Crippen molar-refractivity contribution in [1.82, 2.24) is 14.5 Å². The smallest absolute Gasteiger partial charge is 0.286 e. The minimum absolute atomic E-state index is 0.0778. The van der Waals surface area contributed by atoms with Gasteiger partial charge in [0.1, 0.15) is 5.01 Å². The number of sulfonamides is 1. The predicted octanol–water partition coefficient (Wildman–Crippen LogP) is 3.98. The quantitative estimate of drug-likeness (QED) is 0.627. The van der Waals surface area contributed by atoms with Crippen LogP contribution in [0.5, 0.6) is 0 Å². The van der Waals surface area contributed by atoms with Gasteiger partial charge >= 0.3 is 0 Å². The van der Waals surface area contributed by atoms with E-state index in [1.54, 1.807) is 25.1 Å². The van der Waals surface area contributed by atoms with Crippen molar-refractivity contribution in [2.45, 2.75) is 37.5 Å². The molecule has 4 rings (SSSR count). The van der Waals surface area contributed by atoms with Gasteiger partial charge in [-0.1, -0.05) is 47.2 Å². The van der Waals surface area contributed by atoms with Crippen molar-refractivity contribution in [3.8, 4) is 0 Å². The standard InChI is InChI=1S/C22H24N4O3S2/c1-15-9-11-18(12-10-15)23-20(27)22-25-24-21(30-22)17-7-5-13-26(14-17)31(28,29)19-8-4-3-6-16(19)2/h3-4,6,8-12,17H,5,7,13-14H2,1-2H3,(H,23,27)/t17-/m1/s1. The maximum Gasteiger partial charge on any atom is 0.286 e. The Morgan fingerprint density at radius 3 is 2.58 bits per heavy atom. The average molecular weight is 457 g/mol. The van der Waals surface area contributed by atoms with Gasteiger partial charge in [-0.05, 0) is 50.5 Å². The van der Waals surface area contributed by atoms with Crippen LogP contribution in [-0.4, -0.2) is 41.9 Å². The third-order valence-electron chi connectivity index (χ3n) is 5.39. The summed E-state index contributed by atoms with van der Waals surface area (Å²) in [5.74, 6) is -0.390. The molecule has 1 aliphatic heterocycles. The number of carbonyl (C=O) groups excluding carboxylic acids is 1. The summed E-state index contributed by atoms with van der Waals surface area (Å²) in [5, 5.41) is 12.1. The van der Waals surface area contributed by atoms with Gasteiger partial charge in [-0.15, -0.1) is 10.2 Å². The van der Waals surface area contributed by atoms with Crippen LogP contribution in [0.2, 0.25) is 0 Å². The van der Waals surface area contributed by atoms with Crippen molar-refractivity contribution in [2.75, 3.05) is 18.4 Å². The van der Waals surface area contributed by atoms with Crippen molar-refractivity contribution in [1.29, 1.82) is 0 Å². The minimum Gasteiger partial charge on any atom is -0.320 e. The van der Waals surface area contributed by atoms with E-state index >= 15 is 0 Å². The van der Waals surface area contributed by atoms with Crippen molar-refractivity contribution in [3.63, 3.8) is 0 Å². The molecule has 0 radical (unpaired) electrons. The molecule has 7 nitrogen and oxygen atoms in total. The molecule has 3 aromatic rings. The molecule has 1 saturated heterocycles. The Balaban J connectivity index is 1.48. The van der Waals surface area contributed by atoms with Crippen LogP contribution in [0.25, 0.3) is 0 Å². The molecule has 0 unspecified atom stereocenters. The number of aromatic nitrogens is 2. The second kappa shape index (κ2) is 8.86. The van der Waals surface area contributed by atoms with Crippen LogP contribution in [0.15, 0.2) is 53.4 Å². The maximum absolute atomic E-state index is 13.2. The van der Waals surface area contributed by atoms with Crippen LogP contribution in [0.4, 0.5) is 5.69 Å². The molecule has 162 valence electrons. The summed E-state index contributed by atoms with van der Waals surface area (Å²) in [6.45, 7) is 4.60. The Bertz CT molecular complexity index is 1190. The summed E-state index contributed by atoms with van der Waals surface area (Å²) in [7, 11) is -3.58. The lowest BCUT2D eigenvalue weighted by Crippen LogP contribution is -2.39. The number of amides is 1. The Morgan fingerprint density at radius 1 is 1.10 bits per heavy atom. The van der Waals surface area contributed by atoms with E-state index in [0.29, 0.717) is 28.7 Å². The SMILES string of the molecule is Cc1ccc(NC(=O)c2nnc([C@@H]3CCCN(S(=O)(=O)c4ccccc4C)C3)s2)cc1. The summed E-state index contributed by atoms with van der Waals surface area (Å²) in [5.41, 5.74) is 2.54. The van der Waals surface area contributed by atoms with Crippen molar-refractivity contribution in [2.24, 2.45) is 0 Å². The summed E-state index contributed by atoms with van der Waals surface area (Å²) in [6, 6.07) is 14.5. The molecular formula is C22H24N4O3S2. The molecule has 1 N–H and O–H groups in total. The van der Waals surface area contributed by atoms with Crippen LogP contribution < -0.4 is 5.32 Å². The van der Waals surface area contributed by atoms with E-state index in [4.69, 9.17) is 0 Å². The maximum atomic E-state index is 13.2. The van der Waals surface area contributed by atoms with Gasteiger partial charge in [0.05, 0.1) is 4.90 Å². The molecule has 2 aromatic carbocycles. The molecule has 0 aliphatic carbocycles. The second-order valence-corrected chi connectivity index (χ2v) is 10.6. The average Bonchev–Trinajstić information content (AvgIpc) is 3.26. The lowest BCUT2D eigenvalue weighted by molar-refractivity contribution is 0.102. The number of benzene rings is 2. The van der Waals surface area contributed by atoms with Gasteiger partial charge in [0.15, 0.2) is 0 Å². The van der Waals surface area contributed by atoms with E-state index in [1.807, 2.05) is 37.3 Å². The summed E-state index contributed by atoms with van der Waals surface area (Å²) < 4.78 is 27.8. The predicted molar refractivity (Wildman–Crippen MR) is 121 cm³/mol. The number of hydrogen-bond donors (Lipinski definition) is 1. The highest BCUT2D eigenvalue weighted by molar-refractivity contribution is 7.89. The fraction of sp³-hybridized carbons (Fsp3) is 0.318. The molecule has 1 aromatic heterocycles. The zero-order valence-electron chi connectivity index (χ0n) is 17.4. The van der Waals surface area contributed by atoms with Crippen molar-refractivity contribution >= 4 is 33.0 Å². The number of anilines is 1. The number of carbonyl (C=O) groups is 1. The number of nitrogens with one attached hydrogen (secondary N) is 1. The first-order chi connectivity index (χ1) is 14.8. The number of nitrogens with zero attached hydrogens (tertiary/aromatic N) is 3. The van der Waals surface area contributed by atoms with Crippen LogP contribution >= 0.6 is 11.3 Å².